The number of benzene rings is 1. The lowest BCUT2D eigenvalue weighted by Gasteiger charge is -2.15. The molecule has 0 radical (unpaired) electrons. The van der Waals surface area contributed by atoms with Gasteiger partial charge in [0.25, 0.3) is 5.91 Å². The molecular formula is C16H19N5O2. The third kappa shape index (κ3) is 4.54. The molecule has 1 aromatic heterocycles. The Kier molecular flexibility index (Phi) is 5.69. The van der Waals surface area contributed by atoms with Crippen LogP contribution in [0.1, 0.15) is 25.2 Å². The van der Waals surface area contributed by atoms with Crippen molar-refractivity contribution in [2.24, 2.45) is 0 Å². The smallest absolute Gasteiger partial charge is 0.260 e. The molecule has 0 bridgehead atoms. The first kappa shape index (κ1) is 16.5. The number of nitriles is 1. The summed E-state index contributed by atoms with van der Waals surface area (Å²) in [6, 6.07) is 8.76. The van der Waals surface area contributed by atoms with E-state index in [1.165, 1.54) is 0 Å². The van der Waals surface area contributed by atoms with Gasteiger partial charge in [0, 0.05) is 19.5 Å². The third-order valence-corrected chi connectivity index (χ3v) is 3.31. The van der Waals surface area contributed by atoms with Crippen molar-refractivity contribution in [1.82, 2.24) is 20.1 Å². The van der Waals surface area contributed by atoms with Gasteiger partial charge in [-0.25, -0.2) is 0 Å². The highest BCUT2D eigenvalue weighted by Crippen LogP contribution is 2.14. The van der Waals surface area contributed by atoms with Crippen molar-refractivity contribution in [1.29, 1.82) is 5.26 Å². The molecule has 0 fully saturated rings. The topological polar surface area (TPSA) is 92.8 Å². The lowest BCUT2D eigenvalue weighted by atomic mass is 10.2. The standard InChI is InChI=1S/C16H19N5O2/c1-3-15-20-19-11-21(15)8-7-18-16(22)12(2)23-14-6-4-5-13(9-14)10-17/h4-6,9,11-12H,3,7-8H2,1-2H3,(H,18,22)/t12-/m1/s1. The van der Waals surface area contributed by atoms with Crippen LogP contribution in [0.2, 0.25) is 0 Å². The highest BCUT2D eigenvalue weighted by Gasteiger charge is 2.14. The van der Waals surface area contributed by atoms with Crippen LogP contribution in [0.15, 0.2) is 30.6 Å². The lowest BCUT2D eigenvalue weighted by molar-refractivity contribution is -0.127. The zero-order valence-electron chi connectivity index (χ0n) is 13.2. The van der Waals surface area contributed by atoms with Crippen molar-refractivity contribution in [2.45, 2.75) is 32.9 Å². The van der Waals surface area contributed by atoms with Gasteiger partial charge in [-0.3, -0.25) is 4.79 Å². The molecule has 7 nitrogen and oxygen atoms in total. The van der Waals surface area contributed by atoms with Gasteiger partial charge in [-0.15, -0.1) is 10.2 Å². The average molecular weight is 313 g/mol. The molecule has 1 atom stereocenters. The van der Waals surface area contributed by atoms with E-state index in [0.717, 1.165) is 12.2 Å². The van der Waals surface area contributed by atoms with Crippen molar-refractivity contribution in [3.63, 3.8) is 0 Å². The number of nitrogens with zero attached hydrogens (tertiary/aromatic N) is 4. The lowest BCUT2D eigenvalue weighted by Crippen LogP contribution is -2.38. The minimum atomic E-state index is -0.643. The fourth-order valence-corrected chi connectivity index (χ4v) is 2.08. The summed E-state index contributed by atoms with van der Waals surface area (Å²) in [5.74, 6) is 1.18. The van der Waals surface area contributed by atoms with Crippen molar-refractivity contribution in [2.75, 3.05) is 6.54 Å². The highest BCUT2D eigenvalue weighted by molar-refractivity contribution is 5.80. The molecule has 1 aromatic carbocycles. The predicted molar refractivity (Wildman–Crippen MR) is 83.7 cm³/mol. The maximum Gasteiger partial charge on any atom is 0.260 e. The zero-order chi connectivity index (χ0) is 16.7. The first-order valence-corrected chi connectivity index (χ1v) is 7.45. The monoisotopic (exact) mass is 313 g/mol. The van der Waals surface area contributed by atoms with Crippen molar-refractivity contribution in [3.05, 3.63) is 42.0 Å². The molecule has 0 saturated heterocycles. The van der Waals surface area contributed by atoms with Crippen LogP contribution in [0.4, 0.5) is 0 Å². The summed E-state index contributed by atoms with van der Waals surface area (Å²) in [6.45, 7) is 4.75. The number of aromatic nitrogens is 3. The number of hydrogen-bond acceptors (Lipinski definition) is 5. The van der Waals surface area contributed by atoms with E-state index in [1.54, 1.807) is 37.5 Å². The van der Waals surface area contributed by atoms with E-state index in [2.05, 4.69) is 15.5 Å². The molecule has 0 aliphatic heterocycles. The van der Waals surface area contributed by atoms with Gasteiger partial charge in [0.15, 0.2) is 6.10 Å². The fraction of sp³-hybridized carbons (Fsp3) is 0.375. The number of aryl methyl sites for hydroxylation is 1. The van der Waals surface area contributed by atoms with Gasteiger partial charge in [-0.05, 0) is 25.1 Å². The van der Waals surface area contributed by atoms with Gasteiger partial charge >= 0.3 is 0 Å². The number of rotatable bonds is 7. The molecule has 2 aromatic rings. The highest BCUT2D eigenvalue weighted by atomic mass is 16.5. The Hall–Kier alpha value is -2.88. The summed E-state index contributed by atoms with van der Waals surface area (Å²) in [7, 11) is 0. The Morgan fingerprint density at radius 1 is 1.52 bits per heavy atom. The van der Waals surface area contributed by atoms with Crippen LogP contribution in [0.3, 0.4) is 0 Å². The maximum absolute atomic E-state index is 12.0. The van der Waals surface area contributed by atoms with Crippen LogP contribution < -0.4 is 10.1 Å². The van der Waals surface area contributed by atoms with Crippen molar-refractivity contribution >= 4 is 5.91 Å². The van der Waals surface area contributed by atoms with E-state index in [0.29, 0.717) is 24.4 Å². The number of carbonyl (C=O) groups is 1. The Morgan fingerprint density at radius 3 is 3.09 bits per heavy atom. The molecule has 0 unspecified atom stereocenters. The number of carbonyl (C=O) groups excluding carboxylic acids is 1. The largest absolute Gasteiger partial charge is 0.481 e. The Morgan fingerprint density at radius 2 is 2.35 bits per heavy atom. The number of amides is 1. The molecule has 23 heavy (non-hydrogen) atoms. The zero-order valence-corrected chi connectivity index (χ0v) is 13.2. The summed E-state index contributed by atoms with van der Waals surface area (Å²) in [5, 5.41) is 19.5. The van der Waals surface area contributed by atoms with Gasteiger partial charge in [0.1, 0.15) is 17.9 Å². The molecule has 1 amide bonds. The molecule has 2 rings (SSSR count). The van der Waals surface area contributed by atoms with Crippen LogP contribution in [-0.2, 0) is 17.8 Å². The van der Waals surface area contributed by atoms with Crippen LogP contribution in [-0.4, -0.2) is 33.3 Å². The minimum Gasteiger partial charge on any atom is -0.481 e. The number of nitrogens with one attached hydrogen (secondary N) is 1. The molecule has 1 heterocycles. The normalized spacial score (nSPS) is 11.5. The second kappa shape index (κ2) is 7.94. The van der Waals surface area contributed by atoms with Crippen molar-refractivity contribution < 1.29 is 9.53 Å². The van der Waals surface area contributed by atoms with E-state index in [1.807, 2.05) is 17.6 Å². The number of hydrogen-bond donors (Lipinski definition) is 1. The maximum atomic E-state index is 12.0. The summed E-state index contributed by atoms with van der Waals surface area (Å²) in [6.07, 6.45) is 1.80. The quantitative estimate of drug-likeness (QED) is 0.831. The fourth-order valence-electron chi connectivity index (χ4n) is 2.08. The molecule has 0 spiro atoms. The van der Waals surface area contributed by atoms with Gasteiger partial charge in [-0.1, -0.05) is 13.0 Å². The van der Waals surface area contributed by atoms with E-state index in [9.17, 15) is 4.79 Å². The Balaban J connectivity index is 1.82. The van der Waals surface area contributed by atoms with E-state index >= 15 is 0 Å². The average Bonchev–Trinajstić information content (AvgIpc) is 3.02. The molecule has 0 aliphatic carbocycles. The molecular weight excluding hydrogens is 294 g/mol. The molecule has 120 valence electrons. The summed E-state index contributed by atoms with van der Waals surface area (Å²) >= 11 is 0. The Labute approximate surface area is 134 Å². The van der Waals surface area contributed by atoms with E-state index in [-0.39, 0.29) is 5.91 Å². The second-order valence-corrected chi connectivity index (χ2v) is 4.98. The van der Waals surface area contributed by atoms with Crippen LogP contribution in [0.5, 0.6) is 5.75 Å². The van der Waals surface area contributed by atoms with E-state index in [4.69, 9.17) is 10.00 Å². The summed E-state index contributed by atoms with van der Waals surface area (Å²) < 4.78 is 7.46. The SMILES string of the molecule is CCc1nncn1CCNC(=O)[C@@H](C)Oc1cccc(C#N)c1. The molecule has 1 N–H and O–H groups in total. The minimum absolute atomic E-state index is 0.210. The van der Waals surface area contributed by atoms with Gasteiger partial charge in [0.2, 0.25) is 0 Å². The third-order valence-electron chi connectivity index (χ3n) is 3.31. The van der Waals surface area contributed by atoms with E-state index < -0.39 is 6.10 Å². The molecule has 7 heteroatoms. The molecule has 0 aliphatic rings. The Bertz CT molecular complexity index is 704. The van der Waals surface area contributed by atoms with Gasteiger partial charge in [0.05, 0.1) is 11.6 Å². The first-order chi connectivity index (χ1) is 11.1. The van der Waals surface area contributed by atoms with Crippen molar-refractivity contribution in [3.8, 4) is 11.8 Å². The molecule has 0 saturated carbocycles. The van der Waals surface area contributed by atoms with Crippen LogP contribution in [0.25, 0.3) is 0 Å². The van der Waals surface area contributed by atoms with Gasteiger partial charge < -0.3 is 14.6 Å². The predicted octanol–water partition coefficient (Wildman–Crippen LogP) is 1.30. The summed E-state index contributed by atoms with van der Waals surface area (Å²) in [5.41, 5.74) is 0.495. The first-order valence-electron chi connectivity index (χ1n) is 7.45. The second-order valence-electron chi connectivity index (χ2n) is 4.98. The number of ether oxygens (including phenoxy) is 1. The van der Waals surface area contributed by atoms with Gasteiger partial charge in [-0.2, -0.15) is 5.26 Å². The van der Waals surface area contributed by atoms with Crippen LogP contribution >= 0.6 is 0 Å². The van der Waals surface area contributed by atoms with Crippen LogP contribution in [0, 0.1) is 11.3 Å². The summed E-state index contributed by atoms with van der Waals surface area (Å²) in [4.78, 5) is 12.0.